The number of aromatic amines is 1. The first-order valence-electron chi connectivity index (χ1n) is 6.68. The standard InChI is InChI=1S/C13H15N3O6/c1-5-2-8(18)14-13-15-12(21)6(3-16(5)13)11-10(20)9(19)7(4-17)22-11/h2-3,7,9-11,17,19-20H,4H2,1H3,(H,14,15,18,21)/t7-,9?,10+,11+/m1/s1. The third-order valence-corrected chi connectivity index (χ3v) is 3.75. The number of hydrogen-bond acceptors (Lipinski definition) is 7. The molecule has 3 rings (SSSR count). The summed E-state index contributed by atoms with van der Waals surface area (Å²) >= 11 is 0. The summed E-state index contributed by atoms with van der Waals surface area (Å²) < 4.78 is 6.82. The zero-order chi connectivity index (χ0) is 16.0. The molecule has 0 radical (unpaired) electrons. The Labute approximate surface area is 123 Å². The molecule has 4 N–H and O–H groups in total. The average molecular weight is 309 g/mol. The van der Waals surface area contributed by atoms with Crippen LogP contribution in [0, 0.1) is 6.92 Å². The number of hydrogen-bond donors (Lipinski definition) is 4. The molecule has 1 saturated heterocycles. The molecule has 1 fully saturated rings. The van der Waals surface area contributed by atoms with Crippen molar-refractivity contribution in [3.63, 3.8) is 0 Å². The number of aromatic nitrogens is 3. The predicted octanol–water partition coefficient (Wildman–Crippen LogP) is -2.15. The first-order valence-corrected chi connectivity index (χ1v) is 6.68. The monoisotopic (exact) mass is 309 g/mol. The van der Waals surface area contributed by atoms with Crippen molar-refractivity contribution in [3.8, 4) is 0 Å². The van der Waals surface area contributed by atoms with Gasteiger partial charge in [-0.05, 0) is 6.92 Å². The highest BCUT2D eigenvalue weighted by atomic mass is 16.6. The van der Waals surface area contributed by atoms with Crippen LogP contribution in [0.1, 0.15) is 17.4 Å². The number of aliphatic hydroxyl groups is 3. The second-order valence-electron chi connectivity index (χ2n) is 5.23. The topological polar surface area (TPSA) is 137 Å². The molecule has 0 aliphatic carbocycles. The van der Waals surface area contributed by atoms with Gasteiger partial charge in [0, 0.05) is 18.0 Å². The molecule has 1 aliphatic rings. The Bertz CT molecular complexity index is 829. The SMILES string of the molecule is Cc1cc(=O)[nH]c2nc(=O)c([C@@H]3O[C@H](CO)C(O)[C@@H]3O)cn12. The lowest BCUT2D eigenvalue weighted by atomic mass is 10.0. The number of ether oxygens (including phenoxy) is 1. The molecule has 118 valence electrons. The van der Waals surface area contributed by atoms with Crippen LogP contribution in [0.2, 0.25) is 0 Å². The van der Waals surface area contributed by atoms with E-state index in [1.807, 2.05) is 0 Å². The molecule has 1 unspecified atom stereocenters. The fourth-order valence-electron chi connectivity index (χ4n) is 2.58. The van der Waals surface area contributed by atoms with Crippen LogP contribution in [0.4, 0.5) is 0 Å². The van der Waals surface area contributed by atoms with Gasteiger partial charge in [-0.3, -0.25) is 19.0 Å². The van der Waals surface area contributed by atoms with Gasteiger partial charge in [0.15, 0.2) is 0 Å². The van der Waals surface area contributed by atoms with Crippen LogP contribution >= 0.6 is 0 Å². The van der Waals surface area contributed by atoms with Crippen LogP contribution in [0.25, 0.3) is 5.78 Å². The van der Waals surface area contributed by atoms with Crippen molar-refractivity contribution in [2.45, 2.75) is 31.3 Å². The maximum absolute atomic E-state index is 12.1. The van der Waals surface area contributed by atoms with Crippen molar-refractivity contribution >= 4 is 5.78 Å². The van der Waals surface area contributed by atoms with Crippen molar-refractivity contribution in [3.05, 3.63) is 44.2 Å². The molecule has 22 heavy (non-hydrogen) atoms. The molecule has 0 saturated carbocycles. The van der Waals surface area contributed by atoms with Crippen LogP contribution in [-0.4, -0.2) is 54.6 Å². The molecule has 0 spiro atoms. The summed E-state index contributed by atoms with van der Waals surface area (Å²) in [6.07, 6.45) is -3.33. The fourth-order valence-corrected chi connectivity index (χ4v) is 2.58. The summed E-state index contributed by atoms with van der Waals surface area (Å²) in [6, 6.07) is 1.33. The maximum atomic E-state index is 12.1. The van der Waals surface area contributed by atoms with Crippen LogP contribution in [0.5, 0.6) is 0 Å². The number of nitrogens with one attached hydrogen (secondary N) is 1. The van der Waals surface area contributed by atoms with E-state index in [-0.39, 0.29) is 16.9 Å². The van der Waals surface area contributed by atoms with Gasteiger partial charge in [0.05, 0.1) is 12.2 Å². The van der Waals surface area contributed by atoms with E-state index >= 15 is 0 Å². The summed E-state index contributed by atoms with van der Waals surface area (Å²) in [5, 5.41) is 28.9. The molecule has 9 nitrogen and oxygen atoms in total. The summed E-state index contributed by atoms with van der Waals surface area (Å²) in [7, 11) is 0. The van der Waals surface area contributed by atoms with Crippen molar-refractivity contribution in [1.82, 2.24) is 14.4 Å². The Morgan fingerprint density at radius 2 is 2.09 bits per heavy atom. The molecule has 2 aromatic rings. The van der Waals surface area contributed by atoms with E-state index in [1.165, 1.54) is 16.7 Å². The third-order valence-electron chi connectivity index (χ3n) is 3.75. The number of fused-ring (bicyclic) bond motifs is 1. The lowest BCUT2D eigenvalue weighted by Gasteiger charge is -2.15. The van der Waals surface area contributed by atoms with Gasteiger partial charge in [-0.25, -0.2) is 0 Å². The molecule has 9 heteroatoms. The molecule has 3 heterocycles. The molecule has 4 atom stereocenters. The largest absolute Gasteiger partial charge is 0.394 e. The van der Waals surface area contributed by atoms with Gasteiger partial charge >= 0.3 is 0 Å². The molecular formula is C13H15N3O6. The molecule has 0 bridgehead atoms. The van der Waals surface area contributed by atoms with Gasteiger partial charge in [0.25, 0.3) is 11.1 Å². The first kappa shape index (κ1) is 14.9. The zero-order valence-corrected chi connectivity index (χ0v) is 11.6. The van der Waals surface area contributed by atoms with Crippen molar-refractivity contribution in [1.29, 1.82) is 0 Å². The van der Waals surface area contributed by atoms with E-state index in [0.29, 0.717) is 5.69 Å². The lowest BCUT2D eigenvalue weighted by Crippen LogP contribution is -2.33. The van der Waals surface area contributed by atoms with Gasteiger partial charge < -0.3 is 20.1 Å². The quantitative estimate of drug-likeness (QED) is 0.496. The second kappa shape index (κ2) is 5.29. The molecule has 0 amide bonds. The Hall–Kier alpha value is -2.07. The number of aryl methyl sites for hydroxylation is 1. The van der Waals surface area contributed by atoms with E-state index in [9.17, 15) is 19.8 Å². The van der Waals surface area contributed by atoms with E-state index in [0.717, 1.165) is 0 Å². The summed E-state index contributed by atoms with van der Waals surface area (Å²) in [6.45, 7) is 1.18. The summed E-state index contributed by atoms with van der Waals surface area (Å²) in [5.41, 5.74) is -0.490. The second-order valence-corrected chi connectivity index (χ2v) is 5.23. The number of rotatable bonds is 2. The Morgan fingerprint density at radius 1 is 1.36 bits per heavy atom. The number of nitrogens with zero attached hydrogens (tertiary/aromatic N) is 2. The van der Waals surface area contributed by atoms with Crippen LogP contribution in [0.3, 0.4) is 0 Å². The molecule has 0 aromatic carbocycles. The lowest BCUT2D eigenvalue weighted by molar-refractivity contribution is -0.0232. The smallest absolute Gasteiger partial charge is 0.280 e. The van der Waals surface area contributed by atoms with Gasteiger partial charge in [-0.2, -0.15) is 4.98 Å². The van der Waals surface area contributed by atoms with E-state index < -0.39 is 36.6 Å². The minimum absolute atomic E-state index is 0.0372. The molecular weight excluding hydrogens is 294 g/mol. The van der Waals surface area contributed by atoms with E-state index in [1.54, 1.807) is 6.92 Å². The van der Waals surface area contributed by atoms with E-state index in [2.05, 4.69) is 9.97 Å². The van der Waals surface area contributed by atoms with Gasteiger partial charge in [-0.1, -0.05) is 0 Å². The summed E-state index contributed by atoms with van der Waals surface area (Å²) in [5.74, 6) is 0.0745. The third kappa shape index (κ3) is 2.24. The zero-order valence-electron chi connectivity index (χ0n) is 11.6. The first-order chi connectivity index (χ1) is 10.4. The normalized spacial score (nSPS) is 28.4. The Morgan fingerprint density at radius 3 is 2.73 bits per heavy atom. The van der Waals surface area contributed by atoms with Gasteiger partial charge in [0.1, 0.15) is 24.4 Å². The highest BCUT2D eigenvalue weighted by molar-refractivity contribution is 5.32. The van der Waals surface area contributed by atoms with Crippen LogP contribution in [0.15, 0.2) is 21.9 Å². The number of H-pyrrole nitrogens is 1. The Kier molecular flexibility index (Phi) is 3.57. The highest BCUT2D eigenvalue weighted by Crippen LogP contribution is 2.31. The maximum Gasteiger partial charge on any atom is 0.280 e. The van der Waals surface area contributed by atoms with Crippen molar-refractivity contribution in [2.75, 3.05) is 6.61 Å². The highest BCUT2D eigenvalue weighted by Gasteiger charge is 2.44. The number of aliphatic hydroxyl groups excluding tert-OH is 3. The fraction of sp³-hybridized carbons (Fsp3) is 0.462. The minimum atomic E-state index is -1.35. The van der Waals surface area contributed by atoms with Gasteiger partial charge in [-0.15, -0.1) is 0 Å². The van der Waals surface area contributed by atoms with Crippen molar-refractivity contribution < 1.29 is 20.1 Å². The Balaban J connectivity index is 2.14. The average Bonchev–Trinajstić information content (AvgIpc) is 2.74. The van der Waals surface area contributed by atoms with Crippen LogP contribution in [-0.2, 0) is 4.74 Å². The molecule has 1 aliphatic heterocycles. The van der Waals surface area contributed by atoms with Gasteiger partial charge in [0.2, 0.25) is 5.78 Å². The molecule has 2 aromatic heterocycles. The van der Waals surface area contributed by atoms with Crippen LogP contribution < -0.4 is 11.1 Å². The van der Waals surface area contributed by atoms with E-state index in [4.69, 9.17) is 9.84 Å². The summed E-state index contributed by atoms with van der Waals surface area (Å²) in [4.78, 5) is 29.7. The minimum Gasteiger partial charge on any atom is -0.394 e. The van der Waals surface area contributed by atoms with Crippen molar-refractivity contribution in [2.24, 2.45) is 0 Å². The predicted molar refractivity (Wildman–Crippen MR) is 73.5 cm³/mol.